The number of carbonyl (C=O) groups excluding carboxylic acids is 2. The zero-order valence-electron chi connectivity index (χ0n) is 21.3. The summed E-state index contributed by atoms with van der Waals surface area (Å²) in [6.45, 7) is 3.72. The van der Waals surface area contributed by atoms with Crippen molar-refractivity contribution in [3.63, 3.8) is 0 Å². The van der Waals surface area contributed by atoms with Gasteiger partial charge in [-0.2, -0.15) is 0 Å². The fourth-order valence-corrected chi connectivity index (χ4v) is 4.47. The topological polar surface area (TPSA) is 88.1 Å². The van der Waals surface area contributed by atoms with Crippen molar-refractivity contribution in [3.8, 4) is 17.2 Å². The average Bonchev–Trinajstić information content (AvgIpc) is 2.84. The summed E-state index contributed by atoms with van der Waals surface area (Å²) in [6.07, 6.45) is 5.16. The van der Waals surface area contributed by atoms with Gasteiger partial charge in [0.05, 0.1) is 19.2 Å². The van der Waals surface area contributed by atoms with Crippen molar-refractivity contribution in [3.05, 3.63) is 53.6 Å². The normalized spacial score (nSPS) is 18.1. The van der Waals surface area contributed by atoms with Gasteiger partial charge in [0.25, 0.3) is 0 Å². The molecule has 7 nitrogen and oxygen atoms in total. The van der Waals surface area contributed by atoms with Crippen LogP contribution in [0.25, 0.3) is 0 Å². The van der Waals surface area contributed by atoms with Crippen molar-refractivity contribution in [1.82, 2.24) is 10.1 Å². The smallest absolute Gasteiger partial charge is 0.374 e. The van der Waals surface area contributed by atoms with Crippen molar-refractivity contribution in [2.75, 3.05) is 14.2 Å². The molecule has 2 aliphatic heterocycles. The van der Waals surface area contributed by atoms with Crippen LogP contribution in [0.2, 0.25) is 6.82 Å². The van der Waals surface area contributed by atoms with Gasteiger partial charge in [0, 0.05) is 19.9 Å². The number of benzene rings is 2. The standard InChI is InChI=1S/C27H37BN2O5/c1-5-6-7-8-9-24(31)23-17-20-12-15-25(34-4)26(18-20)35-21-13-10-19(11-14-21)16-22(29-28(2)33)27(32)30(23)3/h10-15,18,22-23,29,33H,5-9,16-17H2,1-4H3/t22-,23-/m0/s1. The molecule has 0 saturated carbocycles. The van der Waals surface area contributed by atoms with Crippen LogP contribution in [0.1, 0.15) is 50.2 Å². The first kappa shape index (κ1) is 26.8. The predicted molar refractivity (Wildman–Crippen MR) is 138 cm³/mol. The molecule has 2 N–H and O–H groups in total. The highest BCUT2D eigenvalue weighted by Gasteiger charge is 2.32. The summed E-state index contributed by atoms with van der Waals surface area (Å²) < 4.78 is 11.6. The molecule has 2 aliphatic rings. The molecule has 2 atom stereocenters. The summed E-state index contributed by atoms with van der Waals surface area (Å²) in [5, 5.41) is 13.0. The molecule has 1 amide bonds. The molecule has 0 radical (unpaired) electrons. The van der Waals surface area contributed by atoms with Crippen LogP contribution in [0.4, 0.5) is 0 Å². The molecule has 0 fully saturated rings. The average molecular weight is 480 g/mol. The van der Waals surface area contributed by atoms with Crippen LogP contribution in [0, 0.1) is 0 Å². The highest BCUT2D eigenvalue weighted by molar-refractivity contribution is 6.46. The van der Waals surface area contributed by atoms with E-state index in [1.54, 1.807) is 25.9 Å². The number of hydrogen-bond acceptors (Lipinski definition) is 6. The maximum atomic E-state index is 13.6. The molecule has 2 aromatic rings. The van der Waals surface area contributed by atoms with Gasteiger partial charge in [-0.1, -0.05) is 44.4 Å². The van der Waals surface area contributed by atoms with Crippen LogP contribution in [0.15, 0.2) is 42.5 Å². The molecule has 2 aromatic carbocycles. The Morgan fingerprint density at radius 2 is 1.86 bits per heavy atom. The number of fused-ring (bicyclic) bond motifs is 7. The number of methoxy groups -OCH3 is 1. The Morgan fingerprint density at radius 3 is 2.51 bits per heavy atom. The number of nitrogens with zero attached hydrogens (tertiary/aromatic N) is 1. The number of likely N-dealkylation sites (N-methyl/N-ethyl adjacent to an activating group) is 1. The summed E-state index contributed by atoms with van der Waals surface area (Å²) in [5.74, 6) is 1.63. The quantitative estimate of drug-likeness (QED) is 0.417. The lowest BCUT2D eigenvalue weighted by molar-refractivity contribution is -0.139. The molecule has 8 heteroatoms. The fourth-order valence-electron chi connectivity index (χ4n) is 4.47. The van der Waals surface area contributed by atoms with Crippen molar-refractivity contribution < 1.29 is 24.1 Å². The lowest BCUT2D eigenvalue weighted by atomic mass is 9.85. The second-order valence-corrected chi connectivity index (χ2v) is 9.28. The number of nitrogens with one attached hydrogen (secondary N) is 1. The number of carbonyl (C=O) groups is 2. The molecule has 4 bridgehead atoms. The number of amides is 1. The van der Waals surface area contributed by atoms with Crippen molar-refractivity contribution >= 4 is 18.7 Å². The first-order valence-corrected chi connectivity index (χ1v) is 12.5. The molecular formula is C27H37BN2O5. The number of unbranched alkanes of at least 4 members (excludes halogenated alkanes) is 3. The largest absolute Gasteiger partial charge is 0.493 e. The third kappa shape index (κ3) is 7.32. The minimum Gasteiger partial charge on any atom is -0.493 e. The minimum absolute atomic E-state index is 0.0430. The van der Waals surface area contributed by atoms with Gasteiger partial charge in [-0.15, -0.1) is 0 Å². The van der Waals surface area contributed by atoms with Crippen LogP contribution in [-0.4, -0.2) is 54.9 Å². The molecule has 0 spiro atoms. The van der Waals surface area contributed by atoms with Crippen molar-refractivity contribution in [1.29, 1.82) is 0 Å². The first-order chi connectivity index (χ1) is 16.8. The van der Waals surface area contributed by atoms with Crippen molar-refractivity contribution in [2.45, 2.75) is 70.8 Å². The van der Waals surface area contributed by atoms with E-state index in [9.17, 15) is 14.6 Å². The summed E-state index contributed by atoms with van der Waals surface area (Å²) >= 11 is 0. The molecule has 188 valence electrons. The van der Waals surface area contributed by atoms with E-state index in [1.165, 1.54) is 0 Å². The molecule has 35 heavy (non-hydrogen) atoms. The number of ketones is 1. The van der Waals surface area contributed by atoms with E-state index in [1.807, 2.05) is 42.5 Å². The molecule has 2 heterocycles. The van der Waals surface area contributed by atoms with Gasteiger partial charge in [0.2, 0.25) is 5.91 Å². The van der Waals surface area contributed by atoms with Gasteiger partial charge in [0.1, 0.15) is 5.75 Å². The van der Waals surface area contributed by atoms with Crippen LogP contribution >= 0.6 is 0 Å². The van der Waals surface area contributed by atoms with Gasteiger partial charge in [0.15, 0.2) is 17.3 Å². The summed E-state index contributed by atoms with van der Waals surface area (Å²) in [6, 6.07) is 11.8. The number of ether oxygens (including phenoxy) is 2. The first-order valence-electron chi connectivity index (χ1n) is 12.5. The monoisotopic (exact) mass is 480 g/mol. The molecule has 0 unspecified atom stereocenters. The van der Waals surface area contributed by atoms with Gasteiger partial charge in [-0.05, 0) is 55.1 Å². The molecule has 4 rings (SSSR count). The van der Waals surface area contributed by atoms with Gasteiger partial charge in [-0.25, -0.2) is 0 Å². The summed E-state index contributed by atoms with van der Waals surface area (Å²) in [4.78, 5) is 28.6. The molecule has 0 aliphatic carbocycles. The van der Waals surface area contributed by atoms with Gasteiger partial charge >= 0.3 is 7.05 Å². The number of Topliss-reactive ketones (excluding diaryl/α,β-unsaturated/α-hetero) is 1. The van der Waals surface area contributed by atoms with Crippen LogP contribution in [-0.2, 0) is 22.4 Å². The maximum Gasteiger partial charge on any atom is 0.374 e. The zero-order valence-corrected chi connectivity index (χ0v) is 21.3. The van der Waals surface area contributed by atoms with E-state index in [4.69, 9.17) is 9.47 Å². The Bertz CT molecular complexity index is 996. The second kappa shape index (κ2) is 12.7. The van der Waals surface area contributed by atoms with Crippen molar-refractivity contribution in [2.24, 2.45) is 0 Å². The van der Waals surface area contributed by atoms with E-state index in [2.05, 4.69) is 12.2 Å². The predicted octanol–water partition coefficient (Wildman–Crippen LogP) is 4.02. The Labute approximate surface area is 208 Å². The summed E-state index contributed by atoms with van der Waals surface area (Å²) in [7, 11) is 2.41. The van der Waals surface area contributed by atoms with E-state index in [-0.39, 0.29) is 11.7 Å². The van der Waals surface area contributed by atoms with E-state index < -0.39 is 19.1 Å². The Hall–Kier alpha value is -2.84. The third-order valence-corrected chi connectivity index (χ3v) is 6.45. The highest BCUT2D eigenvalue weighted by atomic mass is 16.5. The maximum absolute atomic E-state index is 13.6. The van der Waals surface area contributed by atoms with Crippen LogP contribution in [0.5, 0.6) is 17.2 Å². The SMILES string of the molecule is CCCCCCC(=O)[C@@H]1Cc2ccc(OC)c(c2)Oc2ccc(cc2)C[C@H](NB(C)O)C(=O)N1C. The lowest BCUT2D eigenvalue weighted by Crippen LogP contribution is -2.55. The highest BCUT2D eigenvalue weighted by Crippen LogP contribution is 2.33. The van der Waals surface area contributed by atoms with E-state index in [0.29, 0.717) is 36.5 Å². The summed E-state index contributed by atoms with van der Waals surface area (Å²) in [5.41, 5.74) is 1.79. The molecule has 0 saturated heterocycles. The van der Waals surface area contributed by atoms with Gasteiger partial charge in [-0.3, -0.25) is 9.59 Å². The Balaban J connectivity index is 2.00. The lowest BCUT2D eigenvalue weighted by Gasteiger charge is -2.32. The van der Waals surface area contributed by atoms with Crippen LogP contribution in [0.3, 0.4) is 0 Å². The Kier molecular flexibility index (Phi) is 9.75. The van der Waals surface area contributed by atoms with Gasteiger partial charge < -0.3 is 24.6 Å². The number of rotatable bonds is 9. The van der Waals surface area contributed by atoms with E-state index in [0.717, 1.165) is 36.8 Å². The molecular weight excluding hydrogens is 443 g/mol. The fraction of sp³-hybridized carbons (Fsp3) is 0.481. The number of hydrogen-bond donors (Lipinski definition) is 2. The van der Waals surface area contributed by atoms with Crippen LogP contribution < -0.4 is 14.7 Å². The Morgan fingerprint density at radius 1 is 1.14 bits per heavy atom. The van der Waals surface area contributed by atoms with E-state index >= 15 is 0 Å². The third-order valence-electron chi connectivity index (χ3n) is 6.45. The zero-order chi connectivity index (χ0) is 25.4. The molecule has 0 aromatic heterocycles. The minimum atomic E-state index is -0.869. The second-order valence-electron chi connectivity index (χ2n) is 9.28.